The summed E-state index contributed by atoms with van der Waals surface area (Å²) in [6.07, 6.45) is -2.69. The third-order valence-corrected chi connectivity index (χ3v) is 5.49. The van der Waals surface area contributed by atoms with Crippen LogP contribution in [0, 0.1) is 13.8 Å². The maximum Gasteiger partial charge on any atom is 0.417 e. The number of rotatable bonds is 8. The zero-order valence-electron chi connectivity index (χ0n) is 18.9. The molecule has 3 nitrogen and oxygen atoms in total. The van der Waals surface area contributed by atoms with Crippen molar-refractivity contribution in [1.29, 1.82) is 0 Å². The quantitative estimate of drug-likeness (QED) is 0.419. The van der Waals surface area contributed by atoms with Crippen LogP contribution in [0.5, 0.6) is 0 Å². The number of carbonyl (C=O) groups is 1. The predicted octanol–water partition coefficient (Wildman–Crippen LogP) is 5.19. The molecule has 7 heteroatoms. The molecule has 0 heterocycles. The van der Waals surface area contributed by atoms with Gasteiger partial charge >= 0.3 is 6.18 Å². The van der Waals surface area contributed by atoms with E-state index in [9.17, 15) is 18.0 Å². The Balaban J connectivity index is 2.36. The molecule has 0 aromatic heterocycles. The van der Waals surface area contributed by atoms with Gasteiger partial charge in [-0.2, -0.15) is 13.2 Å². The van der Waals surface area contributed by atoms with E-state index in [0.717, 1.165) is 18.1 Å². The molecule has 1 amide bonds. The Bertz CT molecular complexity index is 1010. The van der Waals surface area contributed by atoms with Crippen LogP contribution in [-0.2, 0) is 0 Å². The summed E-state index contributed by atoms with van der Waals surface area (Å²) in [6, 6.07) is 9.74. The molecule has 0 radical (unpaired) electrons. The average molecular weight is 462 g/mol. The Hall–Kier alpha value is -2.43. The van der Waals surface area contributed by atoms with Crippen molar-refractivity contribution in [2.24, 2.45) is 0 Å². The van der Waals surface area contributed by atoms with Crippen molar-refractivity contribution in [2.75, 3.05) is 13.6 Å². The number of alkyl halides is 3. The van der Waals surface area contributed by atoms with Gasteiger partial charge < -0.3 is 10.6 Å². The van der Waals surface area contributed by atoms with Gasteiger partial charge in [-0.3, -0.25) is 4.79 Å². The Morgan fingerprint density at radius 3 is 2.38 bits per heavy atom. The second-order valence-electron chi connectivity index (χ2n) is 7.88. The summed E-state index contributed by atoms with van der Waals surface area (Å²) in [5.41, 5.74) is 1.98. The van der Waals surface area contributed by atoms with E-state index in [2.05, 4.69) is 26.5 Å². The van der Waals surface area contributed by atoms with E-state index in [0.29, 0.717) is 28.5 Å². The molecule has 0 aliphatic heterocycles. The maximum absolute atomic E-state index is 13.8. The third-order valence-electron chi connectivity index (χ3n) is 5.16. The second kappa shape index (κ2) is 10.9. The maximum atomic E-state index is 13.8. The first-order valence-electron chi connectivity index (χ1n) is 10.4. The molecule has 0 fully saturated rings. The van der Waals surface area contributed by atoms with Crippen molar-refractivity contribution in [2.45, 2.75) is 39.4 Å². The minimum absolute atomic E-state index is 0.00484. The van der Waals surface area contributed by atoms with Crippen molar-refractivity contribution in [3.8, 4) is 0 Å². The lowest BCUT2D eigenvalue weighted by molar-refractivity contribution is -0.0688. The largest absolute Gasteiger partial charge is 0.417 e. The summed E-state index contributed by atoms with van der Waals surface area (Å²) < 4.78 is 41.5. The zero-order chi connectivity index (χ0) is 24.1. The first-order valence-corrected chi connectivity index (χ1v) is 11.0. The fraction of sp³-hybridized carbons (Fsp3) is 0.320. The van der Waals surface area contributed by atoms with E-state index in [-0.39, 0.29) is 23.1 Å². The predicted molar refractivity (Wildman–Crippen MR) is 130 cm³/mol. The number of halogens is 3. The molecule has 2 aromatic carbocycles. The van der Waals surface area contributed by atoms with Crippen molar-refractivity contribution in [1.82, 2.24) is 10.6 Å². The number of amides is 1. The van der Waals surface area contributed by atoms with E-state index >= 15 is 0 Å². The van der Waals surface area contributed by atoms with Crippen LogP contribution in [0.25, 0.3) is 11.1 Å². The van der Waals surface area contributed by atoms with Crippen molar-refractivity contribution in [3.63, 3.8) is 0 Å². The van der Waals surface area contributed by atoms with Crippen LogP contribution in [0.1, 0.15) is 46.0 Å². The minimum atomic E-state index is -4.54. The SMILES string of the molecule is C=C(/C=C(\c1cc(C)cc(P)c1)C(F)(F)F)c1ccc(C(=O)NC(CC)CNC)c(C)c1. The minimum Gasteiger partial charge on any atom is -0.348 e. The number of aryl methyl sites for hydroxylation is 2. The Morgan fingerprint density at radius 2 is 1.84 bits per heavy atom. The molecular formula is C25H30F3N2OP. The van der Waals surface area contributed by atoms with Gasteiger partial charge in [-0.05, 0) is 78.7 Å². The van der Waals surface area contributed by atoms with Gasteiger partial charge in [0.25, 0.3) is 5.91 Å². The topological polar surface area (TPSA) is 41.1 Å². The summed E-state index contributed by atoms with van der Waals surface area (Å²) in [7, 11) is 4.25. The number of hydrogen-bond acceptors (Lipinski definition) is 2. The lowest BCUT2D eigenvalue weighted by Gasteiger charge is -2.18. The van der Waals surface area contributed by atoms with Gasteiger partial charge in [0.2, 0.25) is 0 Å². The lowest BCUT2D eigenvalue weighted by atomic mass is 9.96. The van der Waals surface area contributed by atoms with Gasteiger partial charge in [-0.15, -0.1) is 9.24 Å². The van der Waals surface area contributed by atoms with E-state index in [1.54, 1.807) is 38.1 Å². The lowest BCUT2D eigenvalue weighted by Crippen LogP contribution is -2.40. The van der Waals surface area contributed by atoms with Crippen LogP contribution in [0.4, 0.5) is 13.2 Å². The standard InChI is InChI=1S/C25H30F3N2OP/c1-6-20(14-29-5)30-24(31)22-8-7-18(11-17(22)4)16(3)12-23(25(26,27)28)19-9-15(2)10-21(32)13-19/h7-13,20,29H,3,6,14,32H2,1-2,4-5H3,(H,30,31)/b23-12+. The van der Waals surface area contributed by atoms with Gasteiger partial charge in [0.15, 0.2) is 0 Å². The molecule has 0 saturated heterocycles. The van der Waals surface area contributed by atoms with Gasteiger partial charge in [0, 0.05) is 18.2 Å². The van der Waals surface area contributed by atoms with E-state index in [1.165, 1.54) is 12.1 Å². The fourth-order valence-electron chi connectivity index (χ4n) is 3.48. The Kier molecular flexibility index (Phi) is 8.82. The van der Waals surface area contributed by atoms with Crippen LogP contribution in [0.3, 0.4) is 0 Å². The molecule has 0 saturated carbocycles. The van der Waals surface area contributed by atoms with Crippen molar-refractivity contribution >= 4 is 31.6 Å². The summed E-state index contributed by atoms with van der Waals surface area (Å²) >= 11 is 0. The molecule has 2 N–H and O–H groups in total. The van der Waals surface area contributed by atoms with E-state index in [1.807, 2.05) is 14.0 Å². The molecule has 32 heavy (non-hydrogen) atoms. The van der Waals surface area contributed by atoms with Crippen molar-refractivity contribution < 1.29 is 18.0 Å². The van der Waals surface area contributed by atoms with Gasteiger partial charge in [0.1, 0.15) is 0 Å². The first kappa shape index (κ1) is 25.8. The van der Waals surface area contributed by atoms with Crippen LogP contribution >= 0.6 is 9.24 Å². The molecule has 0 aliphatic carbocycles. The zero-order valence-corrected chi connectivity index (χ0v) is 20.0. The highest BCUT2D eigenvalue weighted by Crippen LogP contribution is 2.36. The molecular weight excluding hydrogens is 432 g/mol. The van der Waals surface area contributed by atoms with Gasteiger partial charge in [-0.1, -0.05) is 37.8 Å². The molecule has 2 rings (SSSR count). The highest BCUT2D eigenvalue weighted by atomic mass is 31.0. The van der Waals surface area contributed by atoms with Gasteiger partial charge in [-0.25, -0.2) is 0 Å². The molecule has 2 unspecified atom stereocenters. The van der Waals surface area contributed by atoms with Crippen LogP contribution in [0.2, 0.25) is 0 Å². The highest BCUT2D eigenvalue weighted by molar-refractivity contribution is 7.27. The first-order chi connectivity index (χ1) is 15.0. The van der Waals surface area contributed by atoms with Crippen molar-refractivity contribution in [3.05, 3.63) is 76.9 Å². The van der Waals surface area contributed by atoms with Gasteiger partial charge in [0.05, 0.1) is 5.57 Å². The molecule has 2 aromatic rings. The number of carbonyl (C=O) groups excluding carboxylic acids is 1. The molecule has 172 valence electrons. The molecule has 0 spiro atoms. The highest BCUT2D eigenvalue weighted by Gasteiger charge is 2.35. The van der Waals surface area contributed by atoms with E-state index < -0.39 is 11.7 Å². The summed E-state index contributed by atoms with van der Waals surface area (Å²) in [5, 5.41) is 6.69. The average Bonchev–Trinajstić information content (AvgIpc) is 2.69. The molecule has 2 atom stereocenters. The summed E-state index contributed by atoms with van der Waals surface area (Å²) in [5.74, 6) is -0.207. The Morgan fingerprint density at radius 1 is 1.16 bits per heavy atom. The number of nitrogens with one attached hydrogen (secondary N) is 2. The summed E-state index contributed by atoms with van der Waals surface area (Å²) in [6.45, 7) is 10.0. The third kappa shape index (κ3) is 6.78. The Labute approximate surface area is 190 Å². The number of hydrogen-bond donors (Lipinski definition) is 2. The number of benzene rings is 2. The summed E-state index contributed by atoms with van der Waals surface area (Å²) in [4.78, 5) is 12.6. The molecule has 0 bridgehead atoms. The number of likely N-dealkylation sites (N-methyl/N-ethyl adjacent to an activating group) is 1. The van der Waals surface area contributed by atoms with Crippen LogP contribution < -0.4 is 15.9 Å². The normalized spacial score (nSPS) is 13.1. The molecule has 0 aliphatic rings. The second-order valence-corrected chi connectivity index (χ2v) is 8.55. The number of allylic oxidation sites excluding steroid dienone is 3. The van der Waals surface area contributed by atoms with Crippen LogP contribution in [0.15, 0.2) is 49.1 Å². The smallest absolute Gasteiger partial charge is 0.348 e. The monoisotopic (exact) mass is 462 g/mol. The fourth-order valence-corrected chi connectivity index (χ4v) is 3.92. The van der Waals surface area contributed by atoms with Crippen LogP contribution in [-0.4, -0.2) is 31.7 Å². The van der Waals surface area contributed by atoms with E-state index in [4.69, 9.17) is 0 Å².